The molecule has 2 N–H and O–H groups in total. The monoisotopic (exact) mass is 467 g/mol. The summed E-state index contributed by atoms with van der Waals surface area (Å²) in [4.78, 5) is 4.80. The molecule has 3 rings (SSSR count). The van der Waals surface area contributed by atoms with Gasteiger partial charge in [-0.05, 0) is 66.2 Å². The second-order valence-electron chi connectivity index (χ2n) is 4.40. The van der Waals surface area contributed by atoms with Crippen molar-refractivity contribution in [3.63, 3.8) is 0 Å². The summed E-state index contributed by atoms with van der Waals surface area (Å²) in [7, 11) is 0. The van der Waals surface area contributed by atoms with E-state index in [1.807, 2.05) is 0 Å². The fraction of sp³-hybridized carbons (Fsp3) is 0.417. The quantitative estimate of drug-likeness (QED) is 0.537. The zero-order valence-corrected chi connectivity index (χ0v) is 15.6. The number of aromatic nitrogens is 2. The largest absolute Gasteiger partial charge is 0.330 e. The smallest absolute Gasteiger partial charge is 0.169 e. The molecule has 2 heterocycles. The Morgan fingerprint density at radius 1 is 1.21 bits per heavy atom. The van der Waals surface area contributed by atoms with Crippen LogP contribution in [0.5, 0.6) is 0 Å². The number of benzene rings is 1. The fourth-order valence-electron chi connectivity index (χ4n) is 2.44. The molecule has 0 saturated heterocycles. The van der Waals surface area contributed by atoms with Crippen molar-refractivity contribution < 1.29 is 0 Å². The van der Waals surface area contributed by atoms with E-state index in [2.05, 4.69) is 52.4 Å². The first kappa shape index (κ1) is 14.4. The summed E-state index contributed by atoms with van der Waals surface area (Å²) in [6, 6.07) is 0. The molecule has 1 aliphatic rings. The van der Waals surface area contributed by atoms with Gasteiger partial charge in [-0.3, -0.25) is 0 Å². The van der Waals surface area contributed by atoms with E-state index in [1.54, 1.807) is 11.8 Å². The Labute approximate surface area is 141 Å². The number of hydrogen-bond donors (Lipinski definition) is 1. The van der Waals surface area contributed by atoms with Crippen LogP contribution in [0.25, 0.3) is 11.0 Å². The van der Waals surface area contributed by atoms with Gasteiger partial charge in [0.1, 0.15) is 5.52 Å². The van der Waals surface area contributed by atoms with Gasteiger partial charge in [-0.1, -0.05) is 11.8 Å². The first-order chi connectivity index (χ1) is 9.15. The average molecular weight is 470 g/mol. The van der Waals surface area contributed by atoms with Crippen LogP contribution in [0, 0.1) is 0 Å². The van der Waals surface area contributed by atoms with Gasteiger partial charge >= 0.3 is 0 Å². The van der Waals surface area contributed by atoms with Crippen LogP contribution in [0.3, 0.4) is 0 Å². The Balaban J connectivity index is 2.29. The summed E-state index contributed by atoms with van der Waals surface area (Å²) in [5, 5.41) is 1.08. The van der Waals surface area contributed by atoms with Crippen molar-refractivity contribution in [1.82, 2.24) is 9.55 Å². The summed E-state index contributed by atoms with van der Waals surface area (Å²) in [6.07, 6.45) is 2.25. The van der Waals surface area contributed by atoms with E-state index in [0.29, 0.717) is 6.54 Å². The standard InChI is InChI=1S/C12H12Br3N3S/c13-7-6-2-1-4-18-11(6)10(9(15)8(7)14)17-12(18)19-5-3-16/h1-5,16H2. The van der Waals surface area contributed by atoms with E-state index in [9.17, 15) is 0 Å². The van der Waals surface area contributed by atoms with E-state index in [1.165, 1.54) is 11.1 Å². The summed E-state index contributed by atoms with van der Waals surface area (Å²) >= 11 is 12.7. The van der Waals surface area contributed by atoms with Crippen LogP contribution in [0.15, 0.2) is 18.6 Å². The van der Waals surface area contributed by atoms with Crippen LogP contribution in [0.2, 0.25) is 0 Å². The summed E-state index contributed by atoms with van der Waals surface area (Å²) in [5.74, 6) is 0.901. The van der Waals surface area contributed by atoms with Crippen LogP contribution in [0.1, 0.15) is 12.0 Å². The second kappa shape index (κ2) is 5.67. The van der Waals surface area contributed by atoms with Crippen LogP contribution in [0.4, 0.5) is 0 Å². The molecule has 0 fully saturated rings. The fourth-order valence-corrected chi connectivity index (χ4v) is 4.98. The van der Waals surface area contributed by atoms with Gasteiger partial charge < -0.3 is 10.3 Å². The maximum absolute atomic E-state index is 5.60. The van der Waals surface area contributed by atoms with Crippen molar-refractivity contribution >= 4 is 70.6 Å². The highest BCUT2D eigenvalue weighted by atomic mass is 79.9. The molecule has 0 radical (unpaired) electrons. The molecule has 19 heavy (non-hydrogen) atoms. The normalized spacial score (nSPS) is 14.3. The molecule has 0 unspecified atom stereocenters. The van der Waals surface area contributed by atoms with Crippen molar-refractivity contribution in [2.24, 2.45) is 5.73 Å². The summed E-state index contributed by atoms with van der Waals surface area (Å²) in [6.45, 7) is 1.71. The highest BCUT2D eigenvalue weighted by molar-refractivity contribution is 9.14. The van der Waals surface area contributed by atoms with Crippen molar-refractivity contribution in [3.8, 4) is 0 Å². The van der Waals surface area contributed by atoms with Gasteiger partial charge in [0.2, 0.25) is 0 Å². The molecule has 3 nitrogen and oxygen atoms in total. The maximum atomic E-state index is 5.60. The topological polar surface area (TPSA) is 43.8 Å². The van der Waals surface area contributed by atoms with Gasteiger partial charge in [0, 0.05) is 27.8 Å². The number of thioether (sulfide) groups is 1. The Bertz CT molecular complexity index is 654. The molecule has 7 heteroatoms. The van der Waals surface area contributed by atoms with Gasteiger partial charge in [-0.2, -0.15) is 0 Å². The maximum Gasteiger partial charge on any atom is 0.169 e. The molecule has 0 spiro atoms. The van der Waals surface area contributed by atoms with Crippen molar-refractivity contribution in [1.29, 1.82) is 0 Å². The molecule has 1 aromatic carbocycles. The Morgan fingerprint density at radius 2 is 2.00 bits per heavy atom. The van der Waals surface area contributed by atoms with Crippen LogP contribution < -0.4 is 5.73 Å². The molecule has 0 atom stereocenters. The third-order valence-electron chi connectivity index (χ3n) is 3.23. The third-order valence-corrected chi connectivity index (χ3v) is 7.75. The zero-order valence-electron chi connectivity index (χ0n) is 10.0. The summed E-state index contributed by atoms with van der Waals surface area (Å²) in [5.41, 5.74) is 9.26. The number of halogens is 3. The predicted molar refractivity (Wildman–Crippen MR) is 90.9 cm³/mol. The molecule has 0 aliphatic carbocycles. The highest BCUT2D eigenvalue weighted by Crippen LogP contribution is 2.43. The second-order valence-corrected chi connectivity index (χ2v) is 7.85. The number of hydrogen-bond acceptors (Lipinski definition) is 3. The Kier molecular flexibility index (Phi) is 4.29. The molecule has 0 saturated carbocycles. The van der Waals surface area contributed by atoms with Gasteiger partial charge in [-0.15, -0.1) is 0 Å². The lowest BCUT2D eigenvalue weighted by Crippen LogP contribution is -2.10. The third kappa shape index (κ3) is 2.31. The van der Waals surface area contributed by atoms with E-state index >= 15 is 0 Å². The molecule has 0 amide bonds. The lowest BCUT2D eigenvalue weighted by molar-refractivity contribution is 0.587. The number of nitrogens with two attached hydrogens (primary N) is 1. The molecular formula is C12H12Br3N3S. The minimum absolute atomic E-state index is 0.676. The Hall–Kier alpha value is 0.440. The number of imidazole rings is 1. The van der Waals surface area contributed by atoms with Crippen LogP contribution in [-0.2, 0) is 13.0 Å². The van der Waals surface area contributed by atoms with Gasteiger partial charge in [0.15, 0.2) is 5.16 Å². The van der Waals surface area contributed by atoms with E-state index in [0.717, 1.165) is 49.2 Å². The molecule has 1 aromatic heterocycles. The number of aryl methyl sites for hydroxylation is 2. The van der Waals surface area contributed by atoms with Crippen LogP contribution >= 0.6 is 59.6 Å². The van der Waals surface area contributed by atoms with Crippen molar-refractivity contribution in [3.05, 3.63) is 19.0 Å². The van der Waals surface area contributed by atoms with E-state index in [-0.39, 0.29) is 0 Å². The van der Waals surface area contributed by atoms with Crippen molar-refractivity contribution in [2.45, 2.75) is 24.5 Å². The lowest BCUT2D eigenvalue weighted by atomic mass is 10.0. The van der Waals surface area contributed by atoms with Gasteiger partial charge in [-0.25, -0.2) is 4.98 Å². The van der Waals surface area contributed by atoms with Gasteiger partial charge in [0.05, 0.1) is 9.99 Å². The number of rotatable bonds is 3. The number of nitrogens with zero attached hydrogens (tertiary/aromatic N) is 2. The molecule has 1 aliphatic heterocycles. The molecule has 2 aromatic rings. The van der Waals surface area contributed by atoms with E-state index in [4.69, 9.17) is 10.7 Å². The predicted octanol–water partition coefficient (Wildman–Crippen LogP) is 4.32. The SMILES string of the molecule is NCCSc1nc2c(Br)c(Br)c(Br)c3c2n1CCC3. The highest BCUT2D eigenvalue weighted by Gasteiger charge is 2.24. The first-order valence-corrected chi connectivity index (χ1v) is 9.40. The Morgan fingerprint density at radius 3 is 2.74 bits per heavy atom. The lowest BCUT2D eigenvalue weighted by Gasteiger charge is -2.19. The zero-order chi connectivity index (χ0) is 13.6. The minimum atomic E-state index is 0.676. The molecule has 0 bridgehead atoms. The molecule has 102 valence electrons. The van der Waals surface area contributed by atoms with Gasteiger partial charge in [0.25, 0.3) is 0 Å². The van der Waals surface area contributed by atoms with Crippen LogP contribution in [-0.4, -0.2) is 21.8 Å². The van der Waals surface area contributed by atoms with Crippen molar-refractivity contribution in [2.75, 3.05) is 12.3 Å². The first-order valence-electron chi connectivity index (χ1n) is 6.03. The van der Waals surface area contributed by atoms with E-state index < -0.39 is 0 Å². The minimum Gasteiger partial charge on any atom is -0.330 e. The molecular weight excluding hydrogens is 458 g/mol. The summed E-state index contributed by atoms with van der Waals surface area (Å²) < 4.78 is 5.55. The average Bonchev–Trinajstić information content (AvgIpc) is 2.80.